The van der Waals surface area contributed by atoms with Gasteiger partial charge in [0.05, 0.1) is 6.54 Å². The molecule has 2 aromatic rings. The fraction of sp³-hybridized carbons (Fsp3) is 0.278. The molecule has 0 saturated heterocycles. The summed E-state index contributed by atoms with van der Waals surface area (Å²) in [4.78, 5) is 11.8. The summed E-state index contributed by atoms with van der Waals surface area (Å²) in [6, 6.07) is 12.4. The molecule has 0 saturated carbocycles. The molecule has 2 N–H and O–H groups in total. The fourth-order valence-electron chi connectivity index (χ4n) is 2.32. The zero-order valence-corrected chi connectivity index (χ0v) is 12.9. The first-order valence-electron chi connectivity index (χ1n) is 7.37. The van der Waals surface area contributed by atoms with Gasteiger partial charge in [-0.2, -0.15) is 0 Å². The minimum atomic E-state index is -0.245. The van der Waals surface area contributed by atoms with E-state index in [1.807, 2.05) is 32.0 Å². The second-order valence-electron chi connectivity index (χ2n) is 5.35. The standard InChI is InChI=1S/C18H21FN2O/c1-13-4-3-5-14(2)18(13)21-12-17(22)20-11-10-15-6-8-16(19)9-7-15/h3-9,21H,10-12H2,1-2H3,(H,20,22). The molecule has 1 amide bonds. The lowest BCUT2D eigenvalue weighted by Crippen LogP contribution is -2.31. The number of carbonyl (C=O) groups excluding carboxylic acids is 1. The first-order chi connectivity index (χ1) is 10.6. The van der Waals surface area contributed by atoms with Crippen LogP contribution in [0.2, 0.25) is 0 Å². The molecule has 2 aromatic carbocycles. The number of rotatable bonds is 6. The molecule has 0 spiro atoms. The van der Waals surface area contributed by atoms with Crippen LogP contribution in [0.1, 0.15) is 16.7 Å². The Kier molecular flexibility index (Phi) is 5.53. The van der Waals surface area contributed by atoms with Crippen LogP contribution in [0.25, 0.3) is 0 Å². The molecular weight excluding hydrogens is 279 g/mol. The van der Waals surface area contributed by atoms with E-state index >= 15 is 0 Å². The van der Waals surface area contributed by atoms with E-state index in [0.717, 1.165) is 22.4 Å². The van der Waals surface area contributed by atoms with Gasteiger partial charge in [0, 0.05) is 12.2 Å². The van der Waals surface area contributed by atoms with Crippen molar-refractivity contribution in [3.63, 3.8) is 0 Å². The number of nitrogens with one attached hydrogen (secondary N) is 2. The molecule has 0 radical (unpaired) electrons. The van der Waals surface area contributed by atoms with Gasteiger partial charge in [-0.05, 0) is 49.1 Å². The number of aryl methyl sites for hydroxylation is 2. The van der Waals surface area contributed by atoms with Gasteiger partial charge >= 0.3 is 0 Å². The molecule has 116 valence electrons. The Morgan fingerprint density at radius 3 is 2.32 bits per heavy atom. The Morgan fingerprint density at radius 1 is 1.05 bits per heavy atom. The molecule has 2 rings (SSSR count). The van der Waals surface area contributed by atoms with Crippen molar-refractivity contribution < 1.29 is 9.18 Å². The Labute approximate surface area is 130 Å². The predicted molar refractivity (Wildman–Crippen MR) is 87.5 cm³/mol. The monoisotopic (exact) mass is 300 g/mol. The van der Waals surface area contributed by atoms with Crippen molar-refractivity contribution in [2.45, 2.75) is 20.3 Å². The number of carbonyl (C=O) groups is 1. The molecule has 0 aliphatic heterocycles. The molecular formula is C18H21FN2O. The summed E-state index contributed by atoms with van der Waals surface area (Å²) in [5, 5.41) is 6.04. The maximum Gasteiger partial charge on any atom is 0.239 e. The van der Waals surface area contributed by atoms with Crippen molar-refractivity contribution in [2.24, 2.45) is 0 Å². The van der Waals surface area contributed by atoms with Crippen LogP contribution in [0, 0.1) is 19.7 Å². The van der Waals surface area contributed by atoms with Crippen molar-refractivity contribution in [1.82, 2.24) is 5.32 Å². The second-order valence-corrected chi connectivity index (χ2v) is 5.35. The summed E-state index contributed by atoms with van der Waals surface area (Å²) in [5.74, 6) is -0.296. The van der Waals surface area contributed by atoms with Gasteiger partial charge in [0.1, 0.15) is 5.82 Å². The Balaban J connectivity index is 1.75. The minimum absolute atomic E-state index is 0.0511. The average molecular weight is 300 g/mol. The predicted octanol–water partition coefficient (Wildman–Crippen LogP) is 3.21. The second kappa shape index (κ2) is 7.59. The van der Waals surface area contributed by atoms with Gasteiger partial charge in [-0.25, -0.2) is 4.39 Å². The molecule has 4 heteroatoms. The SMILES string of the molecule is Cc1cccc(C)c1NCC(=O)NCCc1ccc(F)cc1. The minimum Gasteiger partial charge on any atom is -0.376 e. The van der Waals surface area contributed by atoms with Crippen LogP contribution in [-0.4, -0.2) is 19.0 Å². The molecule has 22 heavy (non-hydrogen) atoms. The molecule has 0 aromatic heterocycles. The lowest BCUT2D eigenvalue weighted by molar-refractivity contribution is -0.119. The van der Waals surface area contributed by atoms with E-state index in [4.69, 9.17) is 0 Å². The Bertz CT molecular complexity index is 618. The van der Waals surface area contributed by atoms with Gasteiger partial charge in [0.25, 0.3) is 0 Å². The molecule has 0 aliphatic carbocycles. The van der Waals surface area contributed by atoms with E-state index in [9.17, 15) is 9.18 Å². The number of amides is 1. The van der Waals surface area contributed by atoms with E-state index in [1.54, 1.807) is 12.1 Å². The maximum atomic E-state index is 12.8. The number of para-hydroxylation sites is 1. The molecule has 0 heterocycles. The summed E-state index contributed by atoms with van der Waals surface area (Å²) < 4.78 is 12.8. The number of anilines is 1. The Hall–Kier alpha value is -2.36. The van der Waals surface area contributed by atoms with Gasteiger partial charge in [0.15, 0.2) is 0 Å². The summed E-state index contributed by atoms with van der Waals surface area (Å²) in [5.41, 5.74) is 4.26. The van der Waals surface area contributed by atoms with Crippen LogP contribution < -0.4 is 10.6 Å². The highest BCUT2D eigenvalue weighted by molar-refractivity contribution is 5.81. The number of hydrogen-bond acceptors (Lipinski definition) is 2. The summed E-state index contributed by atoms with van der Waals surface area (Å²) in [6.45, 7) is 4.82. The normalized spacial score (nSPS) is 10.3. The number of hydrogen-bond donors (Lipinski definition) is 2. The fourth-order valence-corrected chi connectivity index (χ4v) is 2.32. The Morgan fingerprint density at radius 2 is 1.68 bits per heavy atom. The summed E-state index contributed by atoms with van der Waals surface area (Å²) in [7, 11) is 0. The molecule has 0 bridgehead atoms. The van der Waals surface area contributed by atoms with E-state index in [2.05, 4.69) is 10.6 Å². The zero-order valence-electron chi connectivity index (χ0n) is 12.9. The number of benzene rings is 2. The first kappa shape index (κ1) is 16.0. The van der Waals surface area contributed by atoms with Crippen molar-refractivity contribution in [3.05, 3.63) is 65.0 Å². The molecule has 3 nitrogen and oxygen atoms in total. The highest BCUT2D eigenvalue weighted by atomic mass is 19.1. The lowest BCUT2D eigenvalue weighted by atomic mass is 10.1. The number of halogens is 1. The van der Waals surface area contributed by atoms with Gasteiger partial charge in [0.2, 0.25) is 5.91 Å². The van der Waals surface area contributed by atoms with E-state index < -0.39 is 0 Å². The average Bonchev–Trinajstić information content (AvgIpc) is 2.49. The van der Waals surface area contributed by atoms with E-state index in [-0.39, 0.29) is 18.3 Å². The molecule has 0 atom stereocenters. The third-order valence-corrected chi connectivity index (χ3v) is 3.56. The third-order valence-electron chi connectivity index (χ3n) is 3.56. The summed E-state index contributed by atoms with van der Waals surface area (Å²) in [6.07, 6.45) is 0.690. The largest absolute Gasteiger partial charge is 0.376 e. The van der Waals surface area contributed by atoms with Crippen LogP contribution in [0.5, 0.6) is 0 Å². The van der Waals surface area contributed by atoms with E-state index in [0.29, 0.717) is 13.0 Å². The van der Waals surface area contributed by atoms with Gasteiger partial charge in [-0.15, -0.1) is 0 Å². The topological polar surface area (TPSA) is 41.1 Å². The molecule has 0 aliphatic rings. The lowest BCUT2D eigenvalue weighted by Gasteiger charge is -2.12. The third kappa shape index (κ3) is 4.58. The van der Waals surface area contributed by atoms with Crippen LogP contribution in [-0.2, 0) is 11.2 Å². The smallest absolute Gasteiger partial charge is 0.239 e. The van der Waals surface area contributed by atoms with Crippen molar-refractivity contribution >= 4 is 11.6 Å². The zero-order chi connectivity index (χ0) is 15.9. The van der Waals surface area contributed by atoms with Crippen LogP contribution >= 0.6 is 0 Å². The molecule has 0 unspecified atom stereocenters. The summed E-state index contributed by atoms with van der Waals surface area (Å²) >= 11 is 0. The molecule has 0 fully saturated rings. The van der Waals surface area contributed by atoms with E-state index in [1.165, 1.54) is 12.1 Å². The van der Waals surface area contributed by atoms with Crippen LogP contribution in [0.15, 0.2) is 42.5 Å². The van der Waals surface area contributed by atoms with Gasteiger partial charge < -0.3 is 10.6 Å². The van der Waals surface area contributed by atoms with Crippen molar-refractivity contribution in [1.29, 1.82) is 0 Å². The van der Waals surface area contributed by atoms with Crippen LogP contribution in [0.3, 0.4) is 0 Å². The van der Waals surface area contributed by atoms with Gasteiger partial charge in [-0.1, -0.05) is 30.3 Å². The highest BCUT2D eigenvalue weighted by Crippen LogP contribution is 2.18. The quantitative estimate of drug-likeness (QED) is 0.860. The highest BCUT2D eigenvalue weighted by Gasteiger charge is 2.05. The maximum absolute atomic E-state index is 12.8. The van der Waals surface area contributed by atoms with Crippen LogP contribution in [0.4, 0.5) is 10.1 Å². The van der Waals surface area contributed by atoms with Gasteiger partial charge in [-0.3, -0.25) is 4.79 Å². The first-order valence-corrected chi connectivity index (χ1v) is 7.37. The van der Waals surface area contributed by atoms with Crippen molar-refractivity contribution in [2.75, 3.05) is 18.4 Å². The van der Waals surface area contributed by atoms with Crippen molar-refractivity contribution in [3.8, 4) is 0 Å².